The van der Waals surface area contributed by atoms with E-state index in [1.165, 1.54) is 25.7 Å². The van der Waals surface area contributed by atoms with Crippen molar-refractivity contribution in [2.24, 2.45) is 10.4 Å². The smallest absolute Gasteiger partial charge is 0.191 e. The summed E-state index contributed by atoms with van der Waals surface area (Å²) in [5.41, 5.74) is 0.332. The van der Waals surface area contributed by atoms with Gasteiger partial charge in [-0.2, -0.15) is 0 Å². The maximum absolute atomic E-state index is 5.84. The normalized spacial score (nSPS) is 26.2. The number of ether oxygens (including phenoxy) is 2. The molecule has 2 rings (SSSR count). The molecule has 0 radical (unpaired) electrons. The quantitative estimate of drug-likeness (QED) is 0.256. The minimum atomic E-state index is -0.0440. The lowest BCUT2D eigenvalue weighted by Crippen LogP contribution is -2.48. The Hall–Kier alpha value is -0.0800. The van der Waals surface area contributed by atoms with E-state index >= 15 is 0 Å². The second kappa shape index (κ2) is 10.8. The van der Waals surface area contributed by atoms with Gasteiger partial charge in [-0.1, -0.05) is 12.8 Å². The van der Waals surface area contributed by atoms with Crippen LogP contribution in [0.1, 0.15) is 58.8 Å². The Kier molecular flexibility index (Phi) is 9.89. The van der Waals surface area contributed by atoms with E-state index in [1.54, 1.807) is 0 Å². The lowest BCUT2D eigenvalue weighted by Gasteiger charge is -2.31. The maximum atomic E-state index is 5.84. The third-order valence-electron chi connectivity index (χ3n) is 5.43. The van der Waals surface area contributed by atoms with Crippen molar-refractivity contribution in [2.75, 3.05) is 40.0 Å². The number of guanidine groups is 1. The minimum Gasteiger partial charge on any atom is -0.382 e. The van der Waals surface area contributed by atoms with Crippen LogP contribution in [0.15, 0.2) is 4.99 Å². The van der Waals surface area contributed by atoms with Gasteiger partial charge in [0.15, 0.2) is 5.96 Å². The van der Waals surface area contributed by atoms with Gasteiger partial charge in [0.1, 0.15) is 0 Å². The Morgan fingerprint density at radius 2 is 1.83 bits per heavy atom. The van der Waals surface area contributed by atoms with Gasteiger partial charge in [0, 0.05) is 40.0 Å². The van der Waals surface area contributed by atoms with Gasteiger partial charge in [-0.15, -0.1) is 24.0 Å². The van der Waals surface area contributed by atoms with Crippen LogP contribution in [0.4, 0.5) is 0 Å². The standard InChI is InChI=1S/C18H35N3O2.HI/c1-4-22-13-11-18(9-5-6-10-18)15-21-16(19-3)20-14-17(2)8-7-12-23-17;/h4-15H2,1-3H3,(H2,19,20,21);1H. The summed E-state index contributed by atoms with van der Waals surface area (Å²) in [4.78, 5) is 4.38. The van der Waals surface area contributed by atoms with Crippen LogP contribution >= 0.6 is 24.0 Å². The zero-order valence-corrected chi connectivity index (χ0v) is 18.0. The number of rotatable bonds is 8. The Labute approximate surface area is 164 Å². The van der Waals surface area contributed by atoms with E-state index in [2.05, 4.69) is 29.5 Å². The Balaban J connectivity index is 0.00000288. The SMILES string of the molecule is CCOCCC1(CNC(=NC)NCC2(C)CCCO2)CCCC1.I. The maximum Gasteiger partial charge on any atom is 0.191 e. The predicted octanol–water partition coefficient (Wildman–Crippen LogP) is 3.33. The average molecular weight is 453 g/mol. The summed E-state index contributed by atoms with van der Waals surface area (Å²) in [6, 6.07) is 0. The topological polar surface area (TPSA) is 54.9 Å². The fourth-order valence-electron chi connectivity index (χ4n) is 3.81. The molecule has 1 aliphatic heterocycles. The van der Waals surface area contributed by atoms with Crippen molar-refractivity contribution in [1.29, 1.82) is 0 Å². The van der Waals surface area contributed by atoms with E-state index in [9.17, 15) is 0 Å². The van der Waals surface area contributed by atoms with Crippen LogP contribution < -0.4 is 10.6 Å². The molecule has 0 amide bonds. The molecule has 1 saturated carbocycles. The van der Waals surface area contributed by atoms with Gasteiger partial charge in [-0.25, -0.2) is 0 Å². The van der Waals surface area contributed by atoms with Gasteiger partial charge in [0.05, 0.1) is 5.60 Å². The highest BCUT2D eigenvalue weighted by Crippen LogP contribution is 2.40. The van der Waals surface area contributed by atoms with Crippen LogP contribution in [-0.2, 0) is 9.47 Å². The first kappa shape index (κ1) is 22.0. The molecule has 142 valence electrons. The second-order valence-electron chi connectivity index (χ2n) is 7.34. The van der Waals surface area contributed by atoms with Gasteiger partial charge in [0.25, 0.3) is 0 Å². The largest absolute Gasteiger partial charge is 0.382 e. The van der Waals surface area contributed by atoms with Gasteiger partial charge >= 0.3 is 0 Å². The van der Waals surface area contributed by atoms with Crippen molar-refractivity contribution >= 4 is 29.9 Å². The van der Waals surface area contributed by atoms with E-state index in [-0.39, 0.29) is 29.6 Å². The molecule has 0 aromatic heterocycles. The first-order valence-electron chi connectivity index (χ1n) is 9.28. The van der Waals surface area contributed by atoms with Crippen molar-refractivity contribution in [3.8, 4) is 0 Å². The molecule has 6 heteroatoms. The van der Waals surface area contributed by atoms with Crippen LogP contribution in [0.25, 0.3) is 0 Å². The molecule has 0 aromatic rings. The molecule has 24 heavy (non-hydrogen) atoms. The number of hydrogen-bond donors (Lipinski definition) is 2. The zero-order chi connectivity index (χ0) is 16.6. The van der Waals surface area contributed by atoms with E-state index in [0.29, 0.717) is 5.41 Å². The van der Waals surface area contributed by atoms with Gasteiger partial charge in [-0.05, 0) is 51.4 Å². The highest BCUT2D eigenvalue weighted by molar-refractivity contribution is 14.0. The Morgan fingerprint density at radius 1 is 1.12 bits per heavy atom. The van der Waals surface area contributed by atoms with Gasteiger partial charge < -0.3 is 20.1 Å². The van der Waals surface area contributed by atoms with Gasteiger partial charge in [0.2, 0.25) is 0 Å². The third kappa shape index (κ3) is 6.67. The molecule has 5 nitrogen and oxygen atoms in total. The molecule has 1 heterocycles. The predicted molar refractivity (Wildman–Crippen MR) is 110 cm³/mol. The number of nitrogens with zero attached hydrogens (tertiary/aromatic N) is 1. The first-order valence-corrected chi connectivity index (χ1v) is 9.28. The molecule has 1 atom stereocenters. The Morgan fingerprint density at radius 3 is 2.42 bits per heavy atom. The second-order valence-corrected chi connectivity index (χ2v) is 7.34. The fourth-order valence-corrected chi connectivity index (χ4v) is 3.81. The van der Waals surface area contributed by atoms with E-state index < -0.39 is 0 Å². The van der Waals surface area contributed by atoms with Crippen molar-refractivity contribution in [3.05, 3.63) is 0 Å². The molecule has 1 unspecified atom stereocenters. The van der Waals surface area contributed by atoms with Crippen LogP contribution in [0.5, 0.6) is 0 Å². The van der Waals surface area contributed by atoms with Gasteiger partial charge in [-0.3, -0.25) is 4.99 Å². The number of hydrogen-bond acceptors (Lipinski definition) is 3. The summed E-state index contributed by atoms with van der Waals surface area (Å²) in [6.45, 7) is 8.61. The van der Waals surface area contributed by atoms with Crippen LogP contribution in [-0.4, -0.2) is 51.5 Å². The van der Waals surface area contributed by atoms with Crippen molar-refractivity contribution < 1.29 is 9.47 Å². The monoisotopic (exact) mass is 453 g/mol. The number of nitrogens with one attached hydrogen (secondary N) is 2. The number of halogens is 1. The van der Waals surface area contributed by atoms with Crippen LogP contribution in [0, 0.1) is 5.41 Å². The molecule has 0 spiro atoms. The molecule has 0 aromatic carbocycles. The highest BCUT2D eigenvalue weighted by Gasteiger charge is 2.34. The number of aliphatic imine (C=N–C) groups is 1. The molecule has 2 aliphatic rings. The first-order chi connectivity index (χ1) is 11.1. The third-order valence-corrected chi connectivity index (χ3v) is 5.43. The molecule has 1 saturated heterocycles. The molecular formula is C18H36IN3O2. The molecular weight excluding hydrogens is 417 g/mol. The summed E-state index contributed by atoms with van der Waals surface area (Å²) >= 11 is 0. The summed E-state index contributed by atoms with van der Waals surface area (Å²) in [6.07, 6.45) is 8.69. The van der Waals surface area contributed by atoms with Crippen molar-refractivity contribution in [1.82, 2.24) is 10.6 Å². The van der Waals surface area contributed by atoms with Crippen LogP contribution in [0.3, 0.4) is 0 Å². The highest BCUT2D eigenvalue weighted by atomic mass is 127. The Bertz CT molecular complexity index is 378. The summed E-state index contributed by atoms with van der Waals surface area (Å²) in [5, 5.41) is 6.99. The average Bonchev–Trinajstić information content (AvgIpc) is 3.18. The van der Waals surface area contributed by atoms with E-state index in [0.717, 1.165) is 58.1 Å². The fraction of sp³-hybridized carbons (Fsp3) is 0.944. The van der Waals surface area contributed by atoms with E-state index in [4.69, 9.17) is 9.47 Å². The lowest BCUT2D eigenvalue weighted by molar-refractivity contribution is 0.0242. The molecule has 2 N–H and O–H groups in total. The molecule has 2 fully saturated rings. The summed E-state index contributed by atoms with van der Waals surface area (Å²) in [7, 11) is 1.84. The lowest BCUT2D eigenvalue weighted by atomic mass is 9.83. The molecule has 0 bridgehead atoms. The van der Waals surface area contributed by atoms with Crippen molar-refractivity contribution in [2.45, 2.75) is 64.4 Å². The summed E-state index contributed by atoms with van der Waals surface area (Å²) < 4.78 is 11.4. The van der Waals surface area contributed by atoms with Crippen molar-refractivity contribution in [3.63, 3.8) is 0 Å². The van der Waals surface area contributed by atoms with E-state index in [1.807, 2.05) is 7.05 Å². The zero-order valence-electron chi connectivity index (χ0n) is 15.7. The van der Waals surface area contributed by atoms with Crippen LogP contribution in [0.2, 0.25) is 0 Å². The summed E-state index contributed by atoms with van der Waals surface area (Å²) in [5.74, 6) is 0.893. The molecule has 1 aliphatic carbocycles. The minimum absolute atomic E-state index is 0.